The minimum absolute atomic E-state index is 0.171. The quantitative estimate of drug-likeness (QED) is 0.701. The van der Waals surface area contributed by atoms with Gasteiger partial charge in [0.05, 0.1) is 0 Å². The molecule has 0 saturated heterocycles. The van der Waals surface area contributed by atoms with Crippen LogP contribution in [-0.4, -0.2) is 10.8 Å². The fourth-order valence-corrected chi connectivity index (χ4v) is 2.85. The Hall–Kier alpha value is -2.35. The van der Waals surface area contributed by atoms with Crippen LogP contribution in [0.25, 0.3) is 10.9 Å². The Morgan fingerprint density at radius 2 is 1.86 bits per heavy atom. The van der Waals surface area contributed by atoms with Gasteiger partial charge in [-0.3, -0.25) is 4.79 Å². The van der Waals surface area contributed by atoms with Crippen molar-refractivity contribution in [2.24, 2.45) is 0 Å². The van der Waals surface area contributed by atoms with Gasteiger partial charge in [-0.05, 0) is 43.5 Å². The molecular formula is C19H19NO. The standard InChI is InChI=1S/C19H19NO/c1-12-7-8-13(2)15(9-12)10-18(21)16-11-20-17-6-4-5-14(3)19(16)17/h4-9,11,20H,10H2,1-3H3. The van der Waals surface area contributed by atoms with E-state index in [0.29, 0.717) is 6.42 Å². The van der Waals surface area contributed by atoms with Crippen molar-refractivity contribution in [3.63, 3.8) is 0 Å². The molecule has 3 rings (SSSR count). The number of carbonyl (C=O) groups is 1. The second kappa shape index (κ2) is 5.21. The molecule has 106 valence electrons. The lowest BCUT2D eigenvalue weighted by Crippen LogP contribution is -2.05. The molecule has 0 fully saturated rings. The first-order valence-electron chi connectivity index (χ1n) is 7.22. The highest BCUT2D eigenvalue weighted by Crippen LogP contribution is 2.24. The lowest BCUT2D eigenvalue weighted by atomic mass is 9.96. The first-order valence-corrected chi connectivity index (χ1v) is 7.22. The van der Waals surface area contributed by atoms with E-state index in [1.807, 2.05) is 31.3 Å². The highest BCUT2D eigenvalue weighted by atomic mass is 16.1. The highest BCUT2D eigenvalue weighted by molar-refractivity contribution is 6.09. The average molecular weight is 277 g/mol. The topological polar surface area (TPSA) is 32.9 Å². The summed E-state index contributed by atoms with van der Waals surface area (Å²) in [5, 5.41) is 1.05. The van der Waals surface area contributed by atoms with Crippen molar-refractivity contribution in [1.29, 1.82) is 0 Å². The number of rotatable bonds is 3. The fraction of sp³-hybridized carbons (Fsp3) is 0.211. The Bertz CT molecular complexity index is 827. The van der Waals surface area contributed by atoms with Gasteiger partial charge >= 0.3 is 0 Å². The number of ketones is 1. The van der Waals surface area contributed by atoms with E-state index in [4.69, 9.17) is 0 Å². The van der Waals surface area contributed by atoms with Crippen LogP contribution in [0, 0.1) is 20.8 Å². The molecule has 0 saturated carbocycles. The Balaban J connectivity index is 2.00. The third kappa shape index (κ3) is 2.49. The number of aromatic nitrogens is 1. The summed E-state index contributed by atoms with van der Waals surface area (Å²) in [6, 6.07) is 12.3. The number of hydrogen-bond donors (Lipinski definition) is 1. The summed E-state index contributed by atoms with van der Waals surface area (Å²) in [5.74, 6) is 0.171. The van der Waals surface area contributed by atoms with Crippen molar-refractivity contribution in [3.05, 3.63) is 70.4 Å². The van der Waals surface area contributed by atoms with Crippen LogP contribution in [0.2, 0.25) is 0 Å². The molecule has 21 heavy (non-hydrogen) atoms. The lowest BCUT2D eigenvalue weighted by molar-refractivity contribution is 0.0994. The van der Waals surface area contributed by atoms with Gasteiger partial charge in [0.25, 0.3) is 0 Å². The molecule has 2 aromatic carbocycles. The molecule has 0 unspecified atom stereocenters. The van der Waals surface area contributed by atoms with Crippen molar-refractivity contribution in [2.45, 2.75) is 27.2 Å². The second-order valence-electron chi connectivity index (χ2n) is 5.73. The lowest BCUT2D eigenvalue weighted by Gasteiger charge is -2.07. The van der Waals surface area contributed by atoms with Crippen molar-refractivity contribution in [3.8, 4) is 0 Å². The summed E-state index contributed by atoms with van der Waals surface area (Å²) in [6.45, 7) is 6.16. The summed E-state index contributed by atoms with van der Waals surface area (Å²) in [5.41, 5.74) is 6.44. The monoisotopic (exact) mass is 277 g/mol. The number of H-pyrrole nitrogens is 1. The molecule has 0 aliphatic carbocycles. The number of aromatic amines is 1. The normalized spacial score (nSPS) is 11.0. The molecule has 0 radical (unpaired) electrons. The third-order valence-corrected chi connectivity index (χ3v) is 4.07. The molecule has 2 heteroatoms. The number of fused-ring (bicyclic) bond motifs is 1. The van der Waals surface area contributed by atoms with Gasteiger partial charge in [-0.15, -0.1) is 0 Å². The summed E-state index contributed by atoms with van der Waals surface area (Å²) in [4.78, 5) is 15.9. The zero-order valence-corrected chi connectivity index (χ0v) is 12.7. The molecule has 0 bridgehead atoms. The minimum atomic E-state index is 0.171. The molecule has 0 aliphatic rings. The highest BCUT2D eigenvalue weighted by Gasteiger charge is 2.15. The van der Waals surface area contributed by atoms with Gasteiger partial charge in [-0.1, -0.05) is 35.9 Å². The zero-order chi connectivity index (χ0) is 15.0. The molecule has 0 spiro atoms. The Kier molecular flexibility index (Phi) is 3.38. The molecule has 1 N–H and O–H groups in total. The van der Waals surface area contributed by atoms with Gasteiger partial charge in [0.2, 0.25) is 0 Å². The SMILES string of the molecule is Cc1ccc(C)c(CC(=O)c2c[nH]c3cccc(C)c23)c1. The number of aryl methyl sites for hydroxylation is 3. The van der Waals surface area contributed by atoms with E-state index in [0.717, 1.165) is 27.6 Å². The zero-order valence-electron chi connectivity index (χ0n) is 12.7. The van der Waals surface area contributed by atoms with Crippen LogP contribution >= 0.6 is 0 Å². The van der Waals surface area contributed by atoms with Gasteiger partial charge in [-0.25, -0.2) is 0 Å². The molecule has 0 aliphatic heterocycles. The molecular weight excluding hydrogens is 258 g/mol. The number of nitrogens with one attached hydrogen (secondary N) is 1. The summed E-state index contributed by atoms with van der Waals surface area (Å²) in [7, 11) is 0. The van der Waals surface area contributed by atoms with Crippen molar-refractivity contribution < 1.29 is 4.79 Å². The maximum Gasteiger partial charge on any atom is 0.169 e. The van der Waals surface area contributed by atoms with E-state index >= 15 is 0 Å². The van der Waals surface area contributed by atoms with Crippen LogP contribution in [0.1, 0.15) is 32.6 Å². The average Bonchev–Trinajstić information content (AvgIpc) is 2.88. The number of hydrogen-bond acceptors (Lipinski definition) is 1. The van der Waals surface area contributed by atoms with Gasteiger partial charge in [0.15, 0.2) is 5.78 Å². The first kappa shape index (κ1) is 13.6. The Morgan fingerprint density at radius 3 is 2.67 bits per heavy atom. The van der Waals surface area contributed by atoms with Crippen LogP contribution < -0.4 is 0 Å². The van der Waals surface area contributed by atoms with Crippen LogP contribution in [0.5, 0.6) is 0 Å². The fourth-order valence-electron chi connectivity index (χ4n) is 2.85. The van der Waals surface area contributed by atoms with Crippen molar-refractivity contribution in [1.82, 2.24) is 4.98 Å². The van der Waals surface area contributed by atoms with Crippen molar-refractivity contribution in [2.75, 3.05) is 0 Å². The predicted octanol–water partition coefficient (Wildman–Crippen LogP) is 4.52. The largest absolute Gasteiger partial charge is 0.360 e. The molecule has 1 heterocycles. The van der Waals surface area contributed by atoms with Crippen LogP contribution in [-0.2, 0) is 6.42 Å². The van der Waals surface area contributed by atoms with Crippen LogP contribution in [0.3, 0.4) is 0 Å². The Morgan fingerprint density at radius 1 is 1.05 bits per heavy atom. The van der Waals surface area contributed by atoms with Gasteiger partial charge in [0.1, 0.15) is 0 Å². The minimum Gasteiger partial charge on any atom is -0.360 e. The van der Waals surface area contributed by atoms with E-state index in [9.17, 15) is 4.79 Å². The molecule has 1 aromatic heterocycles. The molecule has 0 atom stereocenters. The Labute approximate surface area is 124 Å². The molecule has 0 amide bonds. The van der Waals surface area contributed by atoms with Crippen LogP contribution in [0.4, 0.5) is 0 Å². The van der Waals surface area contributed by atoms with Gasteiger partial charge in [-0.2, -0.15) is 0 Å². The predicted molar refractivity (Wildman–Crippen MR) is 87.0 cm³/mol. The summed E-state index contributed by atoms with van der Waals surface area (Å²) >= 11 is 0. The van der Waals surface area contributed by atoms with E-state index in [2.05, 4.69) is 37.0 Å². The van der Waals surface area contributed by atoms with Crippen LogP contribution in [0.15, 0.2) is 42.6 Å². The molecule has 3 aromatic rings. The second-order valence-corrected chi connectivity index (χ2v) is 5.73. The summed E-state index contributed by atoms with van der Waals surface area (Å²) in [6.07, 6.45) is 2.29. The number of carbonyl (C=O) groups excluding carboxylic acids is 1. The number of Topliss-reactive ketones (excluding diaryl/α,β-unsaturated/α-hetero) is 1. The summed E-state index contributed by atoms with van der Waals surface area (Å²) < 4.78 is 0. The van der Waals surface area contributed by atoms with E-state index in [1.54, 1.807) is 0 Å². The van der Waals surface area contributed by atoms with Gasteiger partial charge < -0.3 is 4.98 Å². The maximum atomic E-state index is 12.7. The first-order chi connectivity index (χ1) is 10.1. The van der Waals surface area contributed by atoms with Crippen molar-refractivity contribution >= 4 is 16.7 Å². The van der Waals surface area contributed by atoms with E-state index in [1.165, 1.54) is 11.1 Å². The smallest absolute Gasteiger partial charge is 0.169 e. The van der Waals surface area contributed by atoms with E-state index < -0.39 is 0 Å². The third-order valence-electron chi connectivity index (χ3n) is 4.07. The molecule has 2 nitrogen and oxygen atoms in total. The van der Waals surface area contributed by atoms with E-state index in [-0.39, 0.29) is 5.78 Å². The van der Waals surface area contributed by atoms with Gasteiger partial charge in [0, 0.05) is 29.1 Å². The number of benzene rings is 2. The maximum absolute atomic E-state index is 12.7.